The average Bonchev–Trinajstić information content (AvgIpc) is 2.63. The van der Waals surface area contributed by atoms with E-state index in [0.29, 0.717) is 4.34 Å². The van der Waals surface area contributed by atoms with Crippen molar-refractivity contribution in [2.24, 2.45) is 0 Å². The van der Waals surface area contributed by atoms with Crippen molar-refractivity contribution >= 4 is 22.9 Å². The molecule has 0 unspecified atom stereocenters. The van der Waals surface area contributed by atoms with Crippen molar-refractivity contribution in [3.63, 3.8) is 0 Å². The van der Waals surface area contributed by atoms with Crippen LogP contribution in [-0.2, 0) is 0 Å². The molecule has 0 saturated heterocycles. The molecule has 0 aliphatic carbocycles. The highest BCUT2D eigenvalue weighted by Crippen LogP contribution is 2.33. The number of hydrogen-bond donors (Lipinski definition) is 0. The van der Waals surface area contributed by atoms with Crippen molar-refractivity contribution in [3.05, 3.63) is 40.0 Å². The van der Waals surface area contributed by atoms with Gasteiger partial charge >= 0.3 is 6.36 Å². The van der Waals surface area contributed by atoms with Crippen molar-refractivity contribution in [2.75, 3.05) is 0 Å². The fraction of sp³-hybridized carbons (Fsp3) is 0.0909. The predicted octanol–water partition coefficient (Wildman–Crippen LogP) is 4.97. The molecule has 90 valence electrons. The summed E-state index contributed by atoms with van der Waals surface area (Å²) in [5.41, 5.74) is 1.56. The van der Waals surface area contributed by atoms with E-state index in [1.165, 1.54) is 35.6 Å². The second-order valence-corrected chi connectivity index (χ2v) is 4.70. The lowest BCUT2D eigenvalue weighted by Gasteiger charge is -2.09. The molecule has 1 aromatic heterocycles. The quantitative estimate of drug-likeness (QED) is 0.754. The molecule has 1 nitrogen and oxygen atoms in total. The van der Waals surface area contributed by atoms with Gasteiger partial charge in [-0.15, -0.1) is 24.5 Å². The highest BCUT2D eigenvalue weighted by molar-refractivity contribution is 7.15. The van der Waals surface area contributed by atoms with Crippen molar-refractivity contribution in [1.82, 2.24) is 0 Å². The lowest BCUT2D eigenvalue weighted by atomic mass is 10.1. The Kier molecular flexibility index (Phi) is 3.31. The van der Waals surface area contributed by atoms with Gasteiger partial charge in [0.05, 0.1) is 0 Å². The van der Waals surface area contributed by atoms with Gasteiger partial charge in [-0.1, -0.05) is 23.7 Å². The zero-order valence-corrected chi connectivity index (χ0v) is 9.86. The summed E-state index contributed by atoms with van der Waals surface area (Å²) in [5.74, 6) is -0.243. The van der Waals surface area contributed by atoms with Crippen molar-refractivity contribution < 1.29 is 17.9 Å². The molecule has 0 N–H and O–H groups in total. The maximum atomic E-state index is 11.9. The minimum absolute atomic E-state index is 0.243. The molecule has 0 bridgehead atoms. The molecule has 1 aromatic carbocycles. The fourth-order valence-corrected chi connectivity index (χ4v) is 2.30. The standard InChI is InChI=1S/C11H6ClF3OS/c12-10-9(5-6-17-10)7-1-3-8(4-2-7)16-11(13,14)15/h1-6H. The Morgan fingerprint density at radius 3 is 2.18 bits per heavy atom. The van der Waals surface area contributed by atoms with Crippen LogP contribution in [0.25, 0.3) is 11.1 Å². The third-order valence-corrected chi connectivity index (χ3v) is 3.19. The molecule has 0 aliphatic heterocycles. The Labute approximate surface area is 104 Å². The number of hydrogen-bond acceptors (Lipinski definition) is 2. The van der Waals surface area contributed by atoms with E-state index in [-0.39, 0.29) is 5.75 Å². The molecule has 0 spiro atoms. The largest absolute Gasteiger partial charge is 0.573 e. The first kappa shape index (κ1) is 12.3. The van der Waals surface area contributed by atoms with Crippen LogP contribution in [0.1, 0.15) is 0 Å². The van der Waals surface area contributed by atoms with E-state index >= 15 is 0 Å². The van der Waals surface area contributed by atoms with Crippen LogP contribution < -0.4 is 4.74 Å². The Hall–Kier alpha value is -1.20. The Bertz CT molecular complexity index is 504. The van der Waals surface area contributed by atoms with Crippen LogP contribution in [0.15, 0.2) is 35.7 Å². The van der Waals surface area contributed by atoms with Gasteiger partial charge in [0.1, 0.15) is 10.1 Å². The Balaban J connectivity index is 2.22. The first-order chi connectivity index (χ1) is 7.96. The minimum Gasteiger partial charge on any atom is -0.406 e. The molecule has 6 heteroatoms. The fourth-order valence-electron chi connectivity index (χ4n) is 1.34. The van der Waals surface area contributed by atoms with E-state index in [9.17, 15) is 13.2 Å². The SMILES string of the molecule is FC(F)(F)Oc1ccc(-c2ccsc2Cl)cc1. The molecule has 0 atom stereocenters. The second kappa shape index (κ2) is 4.58. The van der Waals surface area contributed by atoms with Crippen molar-refractivity contribution in [2.45, 2.75) is 6.36 Å². The molecule has 0 fully saturated rings. The summed E-state index contributed by atoms with van der Waals surface area (Å²) in [6, 6.07) is 7.41. The number of rotatable bonds is 2. The molecule has 2 rings (SSSR count). The monoisotopic (exact) mass is 278 g/mol. The molecule has 0 aliphatic rings. The first-order valence-electron chi connectivity index (χ1n) is 4.55. The summed E-state index contributed by atoms with van der Waals surface area (Å²) < 4.78 is 40.2. The van der Waals surface area contributed by atoms with Crippen LogP contribution >= 0.6 is 22.9 Å². The van der Waals surface area contributed by atoms with Crippen LogP contribution in [0.5, 0.6) is 5.75 Å². The summed E-state index contributed by atoms with van der Waals surface area (Å²) in [6.07, 6.45) is -4.67. The van der Waals surface area contributed by atoms with Gasteiger partial charge < -0.3 is 4.74 Å². The number of benzene rings is 1. The van der Waals surface area contributed by atoms with E-state index in [0.717, 1.165) is 11.1 Å². The van der Waals surface area contributed by atoms with Gasteiger partial charge in [0.2, 0.25) is 0 Å². The van der Waals surface area contributed by atoms with E-state index in [4.69, 9.17) is 11.6 Å². The third kappa shape index (κ3) is 3.14. The maximum Gasteiger partial charge on any atom is 0.573 e. The predicted molar refractivity (Wildman–Crippen MR) is 61.4 cm³/mol. The number of ether oxygens (including phenoxy) is 1. The van der Waals surface area contributed by atoms with E-state index < -0.39 is 6.36 Å². The zero-order valence-electron chi connectivity index (χ0n) is 8.29. The van der Waals surface area contributed by atoms with Gasteiger partial charge in [-0.3, -0.25) is 0 Å². The highest BCUT2D eigenvalue weighted by atomic mass is 35.5. The molecule has 0 amide bonds. The molecular weight excluding hydrogens is 273 g/mol. The molecule has 1 heterocycles. The topological polar surface area (TPSA) is 9.23 Å². The minimum atomic E-state index is -4.67. The number of thiophene rings is 1. The summed E-state index contributed by atoms with van der Waals surface area (Å²) in [7, 11) is 0. The number of alkyl halides is 3. The summed E-state index contributed by atoms with van der Waals surface area (Å²) >= 11 is 7.30. The van der Waals surface area contributed by atoms with Crippen molar-refractivity contribution in [1.29, 1.82) is 0 Å². The van der Waals surface area contributed by atoms with Crippen LogP contribution in [0.2, 0.25) is 4.34 Å². The van der Waals surface area contributed by atoms with Gasteiger partial charge in [0.15, 0.2) is 0 Å². The zero-order chi connectivity index (χ0) is 12.5. The van der Waals surface area contributed by atoms with Gasteiger partial charge in [0, 0.05) is 5.56 Å². The van der Waals surface area contributed by atoms with Crippen LogP contribution in [0.4, 0.5) is 13.2 Å². The maximum absolute atomic E-state index is 11.9. The van der Waals surface area contributed by atoms with Crippen molar-refractivity contribution in [3.8, 4) is 16.9 Å². The third-order valence-electron chi connectivity index (χ3n) is 2.02. The van der Waals surface area contributed by atoms with Crippen LogP contribution in [0, 0.1) is 0 Å². The lowest BCUT2D eigenvalue weighted by molar-refractivity contribution is -0.274. The summed E-state index contributed by atoms with van der Waals surface area (Å²) in [6.45, 7) is 0. The van der Waals surface area contributed by atoms with Crippen LogP contribution in [-0.4, -0.2) is 6.36 Å². The second-order valence-electron chi connectivity index (χ2n) is 3.18. The normalized spacial score (nSPS) is 11.5. The smallest absolute Gasteiger partial charge is 0.406 e. The molecular formula is C11H6ClF3OS. The van der Waals surface area contributed by atoms with Gasteiger partial charge in [-0.2, -0.15) is 0 Å². The van der Waals surface area contributed by atoms with Crippen LogP contribution in [0.3, 0.4) is 0 Å². The highest BCUT2D eigenvalue weighted by Gasteiger charge is 2.30. The molecule has 17 heavy (non-hydrogen) atoms. The van der Waals surface area contributed by atoms with Gasteiger partial charge in [0.25, 0.3) is 0 Å². The van der Waals surface area contributed by atoms with Gasteiger partial charge in [-0.05, 0) is 29.1 Å². The number of halogens is 4. The summed E-state index contributed by atoms with van der Waals surface area (Å²) in [5, 5.41) is 1.82. The average molecular weight is 279 g/mol. The first-order valence-corrected chi connectivity index (χ1v) is 5.80. The van der Waals surface area contributed by atoms with E-state index in [2.05, 4.69) is 4.74 Å². The van der Waals surface area contributed by atoms with E-state index in [1.807, 2.05) is 11.4 Å². The van der Waals surface area contributed by atoms with Gasteiger partial charge in [-0.25, -0.2) is 0 Å². The molecule has 0 saturated carbocycles. The lowest BCUT2D eigenvalue weighted by Crippen LogP contribution is -2.16. The Morgan fingerprint density at radius 2 is 1.71 bits per heavy atom. The molecule has 0 radical (unpaired) electrons. The van der Waals surface area contributed by atoms with E-state index in [1.54, 1.807) is 0 Å². The summed E-state index contributed by atoms with van der Waals surface area (Å²) in [4.78, 5) is 0. The Morgan fingerprint density at radius 1 is 1.06 bits per heavy atom. The molecule has 2 aromatic rings.